The number of hydrogen-bond acceptors (Lipinski definition) is 5. The van der Waals surface area contributed by atoms with Gasteiger partial charge in [0.15, 0.2) is 0 Å². The quantitative estimate of drug-likeness (QED) is 0.576. The van der Waals surface area contributed by atoms with E-state index in [-0.39, 0.29) is 11.8 Å². The van der Waals surface area contributed by atoms with Gasteiger partial charge in [-0.1, -0.05) is 35.3 Å². The van der Waals surface area contributed by atoms with Gasteiger partial charge in [-0.15, -0.1) is 0 Å². The van der Waals surface area contributed by atoms with Crippen LogP contribution in [0.3, 0.4) is 0 Å². The second-order valence-electron chi connectivity index (χ2n) is 8.99. The Morgan fingerprint density at radius 2 is 1.97 bits per heavy atom. The van der Waals surface area contributed by atoms with Crippen molar-refractivity contribution in [3.05, 3.63) is 52.0 Å². The first kappa shape index (κ1) is 22.3. The van der Waals surface area contributed by atoms with Gasteiger partial charge >= 0.3 is 0 Å². The fourth-order valence-corrected chi connectivity index (χ4v) is 5.38. The van der Waals surface area contributed by atoms with Gasteiger partial charge in [0.25, 0.3) is 0 Å². The maximum atomic E-state index is 12.1. The fraction of sp³-hybridized carbons (Fsp3) is 0.440. The van der Waals surface area contributed by atoms with Crippen molar-refractivity contribution in [2.75, 3.05) is 49.5 Å². The fourth-order valence-electron chi connectivity index (χ4n) is 4.96. The number of ether oxygens (including phenoxy) is 1. The summed E-state index contributed by atoms with van der Waals surface area (Å²) in [6, 6.07) is 13.8. The molecule has 2 atom stereocenters. The third-order valence-electron chi connectivity index (χ3n) is 6.99. The number of carbonyl (C=O) groups is 1. The van der Waals surface area contributed by atoms with Gasteiger partial charge < -0.3 is 15.0 Å². The minimum absolute atomic E-state index is 0.0565. The number of halogens is 2. The lowest BCUT2D eigenvalue weighted by Gasteiger charge is -2.36. The number of nitriles is 1. The van der Waals surface area contributed by atoms with Crippen molar-refractivity contribution < 1.29 is 9.53 Å². The Morgan fingerprint density at radius 1 is 1.15 bits per heavy atom. The first-order valence-electron chi connectivity index (χ1n) is 11.4. The van der Waals surface area contributed by atoms with Gasteiger partial charge in [0.1, 0.15) is 5.75 Å². The second kappa shape index (κ2) is 9.06. The van der Waals surface area contributed by atoms with E-state index in [0.717, 1.165) is 62.6 Å². The summed E-state index contributed by atoms with van der Waals surface area (Å²) in [5, 5.41) is 13.7. The lowest BCUT2D eigenvalue weighted by molar-refractivity contribution is -0.117. The summed E-state index contributed by atoms with van der Waals surface area (Å²) < 4.78 is 5.92. The third-order valence-corrected chi connectivity index (χ3v) is 7.80. The molecule has 2 heterocycles. The highest BCUT2D eigenvalue weighted by Gasteiger charge is 2.63. The minimum atomic E-state index is -0.627. The van der Waals surface area contributed by atoms with Crippen LogP contribution in [-0.2, 0) is 10.2 Å². The smallest absolute Gasteiger partial charge is 0.229 e. The first-order valence-corrected chi connectivity index (χ1v) is 12.2. The van der Waals surface area contributed by atoms with E-state index >= 15 is 0 Å². The molecule has 1 saturated heterocycles. The molecule has 5 rings (SSSR count). The molecule has 0 aromatic heterocycles. The number of piperazine rings is 1. The molecule has 33 heavy (non-hydrogen) atoms. The lowest BCUT2D eigenvalue weighted by atomic mass is 9.90. The van der Waals surface area contributed by atoms with Crippen LogP contribution in [0.2, 0.25) is 10.0 Å². The minimum Gasteiger partial charge on any atom is -0.494 e. The summed E-state index contributed by atoms with van der Waals surface area (Å²) >= 11 is 12.5. The van der Waals surface area contributed by atoms with E-state index in [2.05, 4.69) is 21.2 Å². The normalized spacial score (nSPS) is 23.8. The van der Waals surface area contributed by atoms with E-state index in [1.165, 1.54) is 0 Å². The SMILES string of the molecule is N#CC12CC1C(=O)Nc1cc(OCCCCN3CCN(c4cccc(Cl)c4Cl)CC3)ccc12. The molecule has 2 aromatic carbocycles. The maximum absolute atomic E-state index is 12.1. The number of fused-ring (bicyclic) bond motifs is 3. The summed E-state index contributed by atoms with van der Waals surface area (Å²) in [7, 11) is 0. The Hall–Kier alpha value is -2.46. The largest absolute Gasteiger partial charge is 0.494 e. The molecule has 0 radical (unpaired) electrons. The molecule has 2 aromatic rings. The molecular formula is C25H26Cl2N4O2. The van der Waals surface area contributed by atoms with Gasteiger partial charge in [-0.05, 0) is 49.6 Å². The molecule has 2 fully saturated rings. The maximum Gasteiger partial charge on any atom is 0.229 e. The number of carbonyl (C=O) groups excluding carboxylic acids is 1. The highest BCUT2D eigenvalue weighted by molar-refractivity contribution is 6.43. The van der Waals surface area contributed by atoms with Crippen molar-refractivity contribution in [3.8, 4) is 11.8 Å². The topological polar surface area (TPSA) is 68.6 Å². The number of unbranched alkanes of at least 4 members (excludes halogenated alkanes) is 1. The highest BCUT2D eigenvalue weighted by atomic mass is 35.5. The zero-order chi connectivity index (χ0) is 23.0. The first-order chi connectivity index (χ1) is 16.0. The Balaban J connectivity index is 1.05. The Labute approximate surface area is 204 Å². The Bertz CT molecular complexity index is 1110. The van der Waals surface area contributed by atoms with Crippen LogP contribution in [0, 0.1) is 17.2 Å². The van der Waals surface area contributed by atoms with Crippen molar-refractivity contribution in [3.63, 3.8) is 0 Å². The number of nitrogens with zero attached hydrogens (tertiary/aromatic N) is 3. The molecule has 1 N–H and O–H groups in total. The van der Waals surface area contributed by atoms with Crippen molar-refractivity contribution in [2.24, 2.45) is 5.92 Å². The van der Waals surface area contributed by atoms with E-state index in [0.29, 0.717) is 28.8 Å². The highest BCUT2D eigenvalue weighted by Crippen LogP contribution is 2.59. The van der Waals surface area contributed by atoms with Gasteiger partial charge in [-0.2, -0.15) is 5.26 Å². The van der Waals surface area contributed by atoms with Crippen LogP contribution in [0.25, 0.3) is 0 Å². The van der Waals surface area contributed by atoms with Crippen molar-refractivity contribution in [2.45, 2.75) is 24.7 Å². The molecule has 6 nitrogen and oxygen atoms in total. The van der Waals surface area contributed by atoms with Crippen LogP contribution in [0.1, 0.15) is 24.8 Å². The van der Waals surface area contributed by atoms with E-state index in [1.54, 1.807) is 0 Å². The predicted molar refractivity (Wildman–Crippen MR) is 130 cm³/mol. The van der Waals surface area contributed by atoms with Gasteiger partial charge in [0.05, 0.1) is 39.7 Å². The van der Waals surface area contributed by atoms with Crippen LogP contribution >= 0.6 is 23.2 Å². The van der Waals surface area contributed by atoms with Crippen LogP contribution in [-0.4, -0.2) is 50.1 Å². The number of anilines is 2. The number of nitrogens with one attached hydrogen (secondary N) is 1. The van der Waals surface area contributed by atoms with E-state index in [1.807, 2.05) is 36.4 Å². The molecule has 2 unspecified atom stereocenters. The predicted octanol–water partition coefficient (Wildman–Crippen LogP) is 4.71. The van der Waals surface area contributed by atoms with Crippen molar-refractivity contribution in [1.29, 1.82) is 5.26 Å². The molecular weight excluding hydrogens is 459 g/mol. The van der Waals surface area contributed by atoms with Gasteiger partial charge in [0, 0.05) is 37.9 Å². The molecule has 1 saturated carbocycles. The second-order valence-corrected chi connectivity index (χ2v) is 9.78. The van der Waals surface area contributed by atoms with Gasteiger partial charge in [-0.25, -0.2) is 0 Å². The molecule has 172 valence electrons. The number of benzene rings is 2. The zero-order valence-corrected chi connectivity index (χ0v) is 19.8. The summed E-state index contributed by atoms with van der Waals surface area (Å²) in [5.74, 6) is 0.471. The summed E-state index contributed by atoms with van der Waals surface area (Å²) in [6.07, 6.45) is 2.62. The molecule has 1 aliphatic carbocycles. The monoisotopic (exact) mass is 484 g/mol. The van der Waals surface area contributed by atoms with E-state index in [9.17, 15) is 10.1 Å². The van der Waals surface area contributed by atoms with E-state index in [4.69, 9.17) is 27.9 Å². The standard InChI is InChI=1S/C25H26Cl2N4O2/c26-20-4-3-5-22(23(20)27)31-11-9-30(10-12-31)8-1-2-13-33-17-6-7-18-21(14-17)29-24(32)19-15-25(18,19)16-28/h3-7,14,19H,1-2,8-13,15H2,(H,29,32). The van der Waals surface area contributed by atoms with Crippen LogP contribution in [0.15, 0.2) is 36.4 Å². The molecule has 3 aliphatic rings. The lowest BCUT2D eigenvalue weighted by Crippen LogP contribution is -2.46. The third kappa shape index (κ3) is 4.26. The average Bonchev–Trinajstić information content (AvgIpc) is 3.58. The number of amides is 1. The summed E-state index contributed by atoms with van der Waals surface area (Å²) in [6.45, 7) is 5.51. The van der Waals surface area contributed by atoms with E-state index < -0.39 is 5.41 Å². The van der Waals surface area contributed by atoms with Gasteiger partial charge in [0.2, 0.25) is 5.91 Å². The zero-order valence-electron chi connectivity index (χ0n) is 18.3. The summed E-state index contributed by atoms with van der Waals surface area (Å²) in [5.41, 5.74) is 2.01. The number of hydrogen-bond donors (Lipinski definition) is 1. The molecule has 8 heteroatoms. The number of rotatable bonds is 7. The van der Waals surface area contributed by atoms with Crippen molar-refractivity contribution in [1.82, 2.24) is 4.90 Å². The van der Waals surface area contributed by atoms with Gasteiger partial charge in [-0.3, -0.25) is 9.69 Å². The molecule has 0 bridgehead atoms. The molecule has 0 spiro atoms. The molecule has 2 aliphatic heterocycles. The van der Waals surface area contributed by atoms with Crippen LogP contribution in [0.4, 0.5) is 11.4 Å². The summed E-state index contributed by atoms with van der Waals surface area (Å²) in [4.78, 5) is 16.9. The Morgan fingerprint density at radius 3 is 2.76 bits per heavy atom. The average molecular weight is 485 g/mol. The van der Waals surface area contributed by atoms with Crippen LogP contribution in [0.5, 0.6) is 5.75 Å². The van der Waals surface area contributed by atoms with Crippen molar-refractivity contribution >= 4 is 40.5 Å². The Kier molecular flexibility index (Phi) is 6.13. The van der Waals surface area contributed by atoms with Crippen LogP contribution < -0.4 is 15.0 Å². The molecule has 1 amide bonds.